The number of rotatable bonds is 8. The number of pyridine rings is 1. The van der Waals surface area contributed by atoms with Crippen LogP contribution in [-0.2, 0) is 17.8 Å². The molecule has 4 atom stereocenters. The molecule has 3 saturated carbocycles. The van der Waals surface area contributed by atoms with E-state index in [2.05, 4.69) is 52.1 Å². The van der Waals surface area contributed by atoms with Gasteiger partial charge in [-0.15, -0.1) is 0 Å². The van der Waals surface area contributed by atoms with Crippen LogP contribution in [0, 0.1) is 23.2 Å². The molecule has 5 rings (SSSR count). The molecular weight excluding hydrogens is 456 g/mol. The van der Waals surface area contributed by atoms with Crippen LogP contribution in [0.25, 0.3) is 0 Å². The van der Waals surface area contributed by atoms with E-state index in [9.17, 15) is 9.59 Å². The first-order valence-corrected chi connectivity index (χ1v) is 12.0. The summed E-state index contributed by atoms with van der Waals surface area (Å²) in [6, 6.07) is 4.26. The fourth-order valence-corrected chi connectivity index (χ4v) is 5.93. The van der Waals surface area contributed by atoms with Crippen molar-refractivity contribution >= 4 is 27.4 Å². The van der Waals surface area contributed by atoms with Gasteiger partial charge >= 0.3 is 0 Å². The molecule has 0 aliphatic heterocycles. The lowest BCUT2D eigenvalue weighted by Gasteiger charge is -2.62. The number of aryl methyl sites for hydroxylation is 1. The Hall–Kier alpha value is -2.02. The largest absolute Gasteiger partial charge is 0.380 e. The molecule has 3 aliphatic carbocycles. The Morgan fingerprint density at radius 2 is 2.03 bits per heavy atom. The second kappa shape index (κ2) is 8.85. The molecule has 3 aliphatic rings. The second-order valence-electron chi connectivity index (χ2n) is 9.79. The highest BCUT2D eigenvalue weighted by Crippen LogP contribution is 2.61. The molecule has 0 amide bonds. The molecule has 3 fully saturated rings. The van der Waals surface area contributed by atoms with Gasteiger partial charge in [0.1, 0.15) is 11.0 Å². The maximum Gasteiger partial charge on any atom is 0.283 e. The van der Waals surface area contributed by atoms with Crippen molar-refractivity contribution in [3.05, 3.63) is 51.1 Å². The monoisotopic (exact) mass is 486 g/mol. The zero-order chi connectivity index (χ0) is 22.2. The summed E-state index contributed by atoms with van der Waals surface area (Å²) >= 11 is 3.45. The molecule has 0 aromatic carbocycles. The summed E-state index contributed by atoms with van der Waals surface area (Å²) in [5, 5.41) is 7.84. The van der Waals surface area contributed by atoms with E-state index in [-0.39, 0.29) is 17.9 Å². The molecule has 7 heteroatoms. The lowest BCUT2D eigenvalue weighted by molar-refractivity contribution is -0.120. The van der Waals surface area contributed by atoms with Crippen molar-refractivity contribution in [1.82, 2.24) is 14.8 Å². The smallest absolute Gasteiger partial charge is 0.283 e. The van der Waals surface area contributed by atoms with Crippen LogP contribution in [0.2, 0.25) is 0 Å². The van der Waals surface area contributed by atoms with E-state index < -0.39 is 0 Å². The molecule has 6 nitrogen and oxygen atoms in total. The maximum absolute atomic E-state index is 12.8. The topological polar surface area (TPSA) is 76.9 Å². The Kier molecular flexibility index (Phi) is 6.33. The summed E-state index contributed by atoms with van der Waals surface area (Å²) in [6.07, 6.45) is 9.61. The average molecular weight is 487 g/mol. The van der Waals surface area contributed by atoms with Crippen LogP contribution in [-0.4, -0.2) is 26.6 Å². The number of anilines is 1. The zero-order valence-electron chi connectivity index (χ0n) is 18.5. The first-order valence-electron chi connectivity index (χ1n) is 11.2. The number of ketones is 1. The van der Waals surface area contributed by atoms with Gasteiger partial charge in [0, 0.05) is 24.9 Å². The molecule has 0 unspecified atom stereocenters. The minimum absolute atomic E-state index is 0.00618. The van der Waals surface area contributed by atoms with Crippen LogP contribution < -0.4 is 10.9 Å². The van der Waals surface area contributed by atoms with Crippen molar-refractivity contribution in [2.75, 3.05) is 5.32 Å². The summed E-state index contributed by atoms with van der Waals surface area (Å²) in [4.78, 5) is 29.1. The third-order valence-corrected chi connectivity index (χ3v) is 8.44. The SMILES string of the molecule is C[C@@H]1[C@H]2C[C@@H](C[C@H]1Nc1cnn(CC(=O)CCCc3ccncc3)c(=O)c1Br)C2(C)C. The highest BCUT2D eigenvalue weighted by atomic mass is 79.9. The molecule has 2 heterocycles. The highest BCUT2D eigenvalue weighted by molar-refractivity contribution is 9.10. The number of carbonyl (C=O) groups is 1. The van der Waals surface area contributed by atoms with Gasteiger partial charge in [0.25, 0.3) is 5.56 Å². The molecule has 1 N–H and O–H groups in total. The fraction of sp³-hybridized carbons (Fsp3) is 0.583. The average Bonchev–Trinajstić information content (AvgIpc) is 2.75. The number of carbonyl (C=O) groups excluding carboxylic acids is 1. The summed E-state index contributed by atoms with van der Waals surface area (Å²) < 4.78 is 1.72. The summed E-state index contributed by atoms with van der Waals surface area (Å²) in [6.45, 7) is 7.08. The van der Waals surface area contributed by atoms with Crippen LogP contribution in [0.5, 0.6) is 0 Å². The molecule has 0 saturated heterocycles. The van der Waals surface area contributed by atoms with E-state index in [1.54, 1.807) is 18.6 Å². The molecule has 0 radical (unpaired) electrons. The van der Waals surface area contributed by atoms with Crippen molar-refractivity contribution in [3.63, 3.8) is 0 Å². The number of hydrogen-bond acceptors (Lipinski definition) is 5. The first-order chi connectivity index (χ1) is 14.8. The fourth-order valence-electron chi connectivity index (χ4n) is 5.50. The number of Topliss-reactive ketones (excluding diaryl/α,β-unsaturated/α-hetero) is 1. The highest BCUT2D eigenvalue weighted by Gasteiger charge is 2.56. The normalized spacial score (nSPS) is 26.2. The van der Waals surface area contributed by atoms with Crippen molar-refractivity contribution in [2.24, 2.45) is 23.2 Å². The Morgan fingerprint density at radius 3 is 2.71 bits per heavy atom. The minimum atomic E-state index is -0.263. The van der Waals surface area contributed by atoms with Gasteiger partial charge in [-0.3, -0.25) is 14.6 Å². The minimum Gasteiger partial charge on any atom is -0.380 e. The van der Waals surface area contributed by atoms with Gasteiger partial charge in [0.15, 0.2) is 5.78 Å². The predicted octanol–water partition coefficient (Wildman–Crippen LogP) is 4.48. The van der Waals surface area contributed by atoms with E-state index in [0.717, 1.165) is 42.3 Å². The quantitative estimate of drug-likeness (QED) is 0.595. The Labute approximate surface area is 192 Å². The molecule has 0 spiro atoms. The van der Waals surface area contributed by atoms with Crippen molar-refractivity contribution in [2.45, 2.75) is 65.5 Å². The van der Waals surface area contributed by atoms with E-state index in [1.165, 1.54) is 11.1 Å². The van der Waals surface area contributed by atoms with Gasteiger partial charge in [-0.05, 0) is 82.5 Å². The van der Waals surface area contributed by atoms with E-state index in [1.807, 2.05) is 12.1 Å². The van der Waals surface area contributed by atoms with E-state index >= 15 is 0 Å². The number of halogens is 1. The second-order valence-corrected chi connectivity index (χ2v) is 10.6. The first kappa shape index (κ1) is 22.2. The summed E-state index contributed by atoms with van der Waals surface area (Å²) in [7, 11) is 0. The molecular formula is C24H31BrN4O2. The standard InChI is InChI=1S/C24H31BrN4O2/c1-15-19-11-17(24(19,2)3)12-20(15)28-21-13-27-29(23(31)22(21)25)14-18(30)6-4-5-16-7-9-26-10-8-16/h7-10,13,15,17,19-20,28H,4-6,11-12,14H2,1-3H3/t15-,17+,19-,20-/m1/s1. The van der Waals surface area contributed by atoms with Gasteiger partial charge in [-0.25, -0.2) is 4.68 Å². The molecule has 2 aromatic rings. The van der Waals surface area contributed by atoms with Crippen molar-refractivity contribution in [3.8, 4) is 0 Å². The Bertz CT molecular complexity index is 1000. The summed E-state index contributed by atoms with van der Waals surface area (Å²) in [5.74, 6) is 2.03. The van der Waals surface area contributed by atoms with Gasteiger partial charge in [-0.2, -0.15) is 5.10 Å². The van der Waals surface area contributed by atoms with E-state index in [4.69, 9.17) is 0 Å². The number of nitrogens with one attached hydrogen (secondary N) is 1. The van der Waals surface area contributed by atoms with Crippen molar-refractivity contribution < 1.29 is 4.79 Å². The Balaban J connectivity index is 1.34. The van der Waals surface area contributed by atoms with E-state index in [0.29, 0.717) is 28.3 Å². The van der Waals surface area contributed by atoms with Crippen LogP contribution in [0.15, 0.2) is 40.0 Å². The third kappa shape index (κ3) is 4.47. The van der Waals surface area contributed by atoms with Gasteiger partial charge in [-0.1, -0.05) is 20.8 Å². The summed E-state index contributed by atoms with van der Waals surface area (Å²) in [5.41, 5.74) is 2.05. The maximum atomic E-state index is 12.8. The predicted molar refractivity (Wildman–Crippen MR) is 125 cm³/mol. The molecule has 2 bridgehead atoms. The number of fused-ring (bicyclic) bond motifs is 2. The number of aromatic nitrogens is 3. The molecule has 31 heavy (non-hydrogen) atoms. The Morgan fingerprint density at radius 1 is 1.29 bits per heavy atom. The molecule has 2 aromatic heterocycles. The van der Waals surface area contributed by atoms with Gasteiger partial charge in [0.05, 0.1) is 11.9 Å². The lowest BCUT2D eigenvalue weighted by Crippen LogP contribution is -2.58. The number of nitrogens with zero attached hydrogens (tertiary/aromatic N) is 3. The van der Waals surface area contributed by atoms with Crippen LogP contribution in [0.3, 0.4) is 0 Å². The zero-order valence-corrected chi connectivity index (χ0v) is 20.1. The van der Waals surface area contributed by atoms with Gasteiger partial charge in [0.2, 0.25) is 0 Å². The van der Waals surface area contributed by atoms with Crippen LogP contribution in [0.4, 0.5) is 5.69 Å². The lowest BCUT2D eigenvalue weighted by atomic mass is 9.45. The number of hydrogen-bond donors (Lipinski definition) is 1. The molecule has 166 valence electrons. The third-order valence-electron chi connectivity index (χ3n) is 7.68. The van der Waals surface area contributed by atoms with Crippen LogP contribution in [0.1, 0.15) is 52.0 Å². The van der Waals surface area contributed by atoms with Crippen molar-refractivity contribution in [1.29, 1.82) is 0 Å². The van der Waals surface area contributed by atoms with Gasteiger partial charge < -0.3 is 5.32 Å². The van der Waals surface area contributed by atoms with Crippen LogP contribution >= 0.6 is 15.9 Å².